The van der Waals surface area contributed by atoms with Crippen LogP contribution < -0.4 is 10.2 Å². The molecule has 0 atom stereocenters. The van der Waals surface area contributed by atoms with Gasteiger partial charge in [-0.05, 0) is 48.5 Å². The first kappa shape index (κ1) is 18.1. The lowest BCUT2D eigenvalue weighted by Gasteiger charge is -2.15. The molecule has 0 aliphatic carbocycles. The third-order valence-electron chi connectivity index (χ3n) is 4.53. The lowest BCUT2D eigenvalue weighted by molar-refractivity contribution is 0.0696. The number of anilines is 2. The number of nitrogens with zero attached hydrogens (tertiary/aromatic N) is 1. The quantitative estimate of drug-likeness (QED) is 0.669. The molecule has 0 saturated carbocycles. The van der Waals surface area contributed by atoms with Gasteiger partial charge in [0.15, 0.2) is 0 Å². The van der Waals surface area contributed by atoms with Gasteiger partial charge in [-0.15, -0.1) is 0 Å². The highest BCUT2D eigenvalue weighted by Gasteiger charge is 2.37. The van der Waals surface area contributed by atoms with E-state index in [9.17, 15) is 19.2 Å². The van der Waals surface area contributed by atoms with E-state index in [1.165, 1.54) is 24.3 Å². The standard InChI is InChI=1S/C22H14N2O5/c25-19(13-5-2-1-3-6-13)23-15-7-4-8-16(12-15)24-20(26)17-10-9-14(22(28)29)11-18(17)21(24)27/h1-12H,(H,23,25)(H,28,29). The number of aromatic carboxylic acids is 1. The average molecular weight is 386 g/mol. The maximum absolute atomic E-state index is 12.8. The Bertz CT molecular complexity index is 1170. The van der Waals surface area contributed by atoms with Crippen LogP contribution in [0.3, 0.4) is 0 Å². The summed E-state index contributed by atoms with van der Waals surface area (Å²) in [6, 6.07) is 18.8. The number of fused-ring (bicyclic) bond motifs is 1. The SMILES string of the molecule is O=C(O)c1ccc2c(c1)C(=O)N(c1cccc(NC(=O)c3ccccc3)c1)C2=O. The van der Waals surface area contributed by atoms with Crippen LogP contribution in [-0.2, 0) is 0 Å². The molecule has 0 fully saturated rings. The van der Waals surface area contributed by atoms with Gasteiger partial charge in [0.05, 0.1) is 22.4 Å². The summed E-state index contributed by atoms with van der Waals surface area (Å²) in [7, 11) is 0. The highest BCUT2D eigenvalue weighted by molar-refractivity contribution is 6.34. The second kappa shape index (κ2) is 7.05. The number of hydrogen-bond donors (Lipinski definition) is 2. The zero-order valence-corrected chi connectivity index (χ0v) is 15.0. The molecule has 1 aliphatic rings. The lowest BCUT2D eigenvalue weighted by Crippen LogP contribution is -2.29. The van der Waals surface area contributed by atoms with E-state index in [1.807, 2.05) is 0 Å². The van der Waals surface area contributed by atoms with Crippen molar-refractivity contribution in [1.29, 1.82) is 0 Å². The van der Waals surface area contributed by atoms with E-state index in [1.54, 1.807) is 48.5 Å². The third-order valence-corrected chi connectivity index (χ3v) is 4.53. The van der Waals surface area contributed by atoms with Gasteiger partial charge in [0, 0.05) is 11.3 Å². The van der Waals surface area contributed by atoms with Gasteiger partial charge in [0.2, 0.25) is 0 Å². The molecule has 0 unspecified atom stereocenters. The molecule has 3 aromatic rings. The van der Waals surface area contributed by atoms with Crippen LogP contribution >= 0.6 is 0 Å². The summed E-state index contributed by atoms with van der Waals surface area (Å²) in [5, 5.41) is 11.8. The molecular weight excluding hydrogens is 372 g/mol. The van der Waals surface area contributed by atoms with Crippen molar-refractivity contribution in [3.8, 4) is 0 Å². The first-order valence-electron chi connectivity index (χ1n) is 8.68. The third kappa shape index (κ3) is 3.25. The highest BCUT2D eigenvalue weighted by Crippen LogP contribution is 2.30. The molecule has 7 nitrogen and oxygen atoms in total. The van der Waals surface area contributed by atoms with Crippen molar-refractivity contribution < 1.29 is 24.3 Å². The normalized spacial score (nSPS) is 12.6. The van der Waals surface area contributed by atoms with E-state index >= 15 is 0 Å². The summed E-state index contributed by atoms with van der Waals surface area (Å²) < 4.78 is 0. The van der Waals surface area contributed by atoms with Crippen LogP contribution in [0.5, 0.6) is 0 Å². The molecule has 29 heavy (non-hydrogen) atoms. The Balaban J connectivity index is 1.63. The number of amides is 3. The van der Waals surface area contributed by atoms with E-state index < -0.39 is 17.8 Å². The second-order valence-corrected chi connectivity index (χ2v) is 6.38. The van der Waals surface area contributed by atoms with Crippen LogP contribution in [0.15, 0.2) is 72.8 Å². The molecule has 3 aromatic carbocycles. The number of benzene rings is 3. The number of carbonyl (C=O) groups is 4. The van der Waals surface area contributed by atoms with Gasteiger partial charge in [0.1, 0.15) is 0 Å². The molecule has 0 spiro atoms. The van der Waals surface area contributed by atoms with Gasteiger partial charge < -0.3 is 10.4 Å². The molecule has 0 bridgehead atoms. The van der Waals surface area contributed by atoms with Crippen molar-refractivity contribution in [2.75, 3.05) is 10.2 Å². The largest absolute Gasteiger partial charge is 0.478 e. The predicted octanol–water partition coefficient (Wildman–Crippen LogP) is 3.44. The Hall–Kier alpha value is -4.26. The van der Waals surface area contributed by atoms with E-state index in [4.69, 9.17) is 5.11 Å². The average Bonchev–Trinajstić information content (AvgIpc) is 2.98. The van der Waals surface area contributed by atoms with E-state index in [2.05, 4.69) is 5.32 Å². The summed E-state index contributed by atoms with van der Waals surface area (Å²) in [6.07, 6.45) is 0. The number of rotatable bonds is 4. The fraction of sp³-hybridized carbons (Fsp3) is 0. The Labute approximate surface area is 165 Å². The number of carbonyl (C=O) groups excluding carboxylic acids is 3. The predicted molar refractivity (Wildman–Crippen MR) is 105 cm³/mol. The summed E-state index contributed by atoms with van der Waals surface area (Å²) in [6.45, 7) is 0. The maximum atomic E-state index is 12.8. The van der Waals surface area contributed by atoms with Gasteiger partial charge >= 0.3 is 5.97 Å². The molecule has 0 saturated heterocycles. The number of carboxylic acids is 1. The monoisotopic (exact) mass is 386 g/mol. The fourth-order valence-corrected chi connectivity index (χ4v) is 3.12. The minimum atomic E-state index is -1.18. The van der Waals surface area contributed by atoms with Crippen LogP contribution in [0.1, 0.15) is 41.4 Å². The van der Waals surface area contributed by atoms with Crippen LogP contribution in [0.25, 0.3) is 0 Å². The first-order chi connectivity index (χ1) is 14.0. The van der Waals surface area contributed by atoms with Gasteiger partial charge in [-0.3, -0.25) is 14.4 Å². The highest BCUT2D eigenvalue weighted by atomic mass is 16.4. The minimum absolute atomic E-state index is 0.0358. The summed E-state index contributed by atoms with van der Waals surface area (Å²) in [4.78, 5) is 49.9. The van der Waals surface area contributed by atoms with Gasteiger partial charge in [0.25, 0.3) is 17.7 Å². The molecule has 3 amide bonds. The lowest BCUT2D eigenvalue weighted by atomic mass is 10.1. The zero-order chi connectivity index (χ0) is 20.5. The first-order valence-corrected chi connectivity index (χ1v) is 8.68. The maximum Gasteiger partial charge on any atom is 0.335 e. The van der Waals surface area contributed by atoms with Crippen molar-refractivity contribution in [2.24, 2.45) is 0 Å². The van der Waals surface area contributed by atoms with Crippen LogP contribution in [0.2, 0.25) is 0 Å². The van der Waals surface area contributed by atoms with Gasteiger partial charge in [-0.2, -0.15) is 0 Å². The molecule has 0 radical (unpaired) electrons. The fourth-order valence-electron chi connectivity index (χ4n) is 3.12. The molecule has 2 N–H and O–H groups in total. The Morgan fingerprint density at radius 1 is 0.759 bits per heavy atom. The number of hydrogen-bond acceptors (Lipinski definition) is 4. The van der Waals surface area contributed by atoms with Crippen molar-refractivity contribution >= 4 is 35.1 Å². The van der Waals surface area contributed by atoms with Crippen LogP contribution in [0, 0.1) is 0 Å². The topological polar surface area (TPSA) is 104 Å². The van der Waals surface area contributed by atoms with Crippen LogP contribution in [-0.4, -0.2) is 28.8 Å². The van der Waals surface area contributed by atoms with E-state index in [0.29, 0.717) is 11.3 Å². The number of imide groups is 1. The van der Waals surface area contributed by atoms with Gasteiger partial charge in [-0.1, -0.05) is 24.3 Å². The molecule has 1 aliphatic heterocycles. The Kier molecular flexibility index (Phi) is 4.40. The molecule has 142 valence electrons. The van der Waals surface area contributed by atoms with Crippen LogP contribution in [0.4, 0.5) is 11.4 Å². The van der Waals surface area contributed by atoms with E-state index in [-0.39, 0.29) is 28.3 Å². The smallest absolute Gasteiger partial charge is 0.335 e. The van der Waals surface area contributed by atoms with Crippen molar-refractivity contribution in [3.63, 3.8) is 0 Å². The Morgan fingerprint density at radius 2 is 1.48 bits per heavy atom. The molecule has 7 heteroatoms. The number of nitrogens with one attached hydrogen (secondary N) is 1. The van der Waals surface area contributed by atoms with Crippen molar-refractivity contribution in [2.45, 2.75) is 0 Å². The molecule has 1 heterocycles. The van der Waals surface area contributed by atoms with Crippen molar-refractivity contribution in [1.82, 2.24) is 0 Å². The zero-order valence-electron chi connectivity index (χ0n) is 15.0. The summed E-state index contributed by atoms with van der Waals surface area (Å²) >= 11 is 0. The van der Waals surface area contributed by atoms with Crippen molar-refractivity contribution in [3.05, 3.63) is 95.1 Å². The van der Waals surface area contributed by atoms with Gasteiger partial charge in [-0.25, -0.2) is 9.69 Å². The molecular formula is C22H14N2O5. The summed E-state index contributed by atoms with van der Waals surface area (Å²) in [5.74, 6) is -2.67. The Morgan fingerprint density at radius 3 is 2.21 bits per heavy atom. The summed E-state index contributed by atoms with van der Waals surface area (Å²) in [5.41, 5.74) is 1.26. The van der Waals surface area contributed by atoms with E-state index in [0.717, 1.165) is 4.90 Å². The second-order valence-electron chi connectivity index (χ2n) is 6.38. The molecule has 4 rings (SSSR count). The minimum Gasteiger partial charge on any atom is -0.478 e. The molecule has 0 aromatic heterocycles. The number of carboxylic acid groups (broad SMARTS) is 1.